The van der Waals surface area contributed by atoms with E-state index in [9.17, 15) is 21.6 Å². The smallest absolute Gasteiger partial charge is 0.396 e. The van der Waals surface area contributed by atoms with E-state index >= 15 is 0 Å². The summed E-state index contributed by atoms with van der Waals surface area (Å²) in [6.07, 6.45) is -4.63. The summed E-state index contributed by atoms with van der Waals surface area (Å²) in [5, 5.41) is 8.28. The summed E-state index contributed by atoms with van der Waals surface area (Å²) in [6.45, 7) is 2.77. The predicted octanol–water partition coefficient (Wildman–Crippen LogP) is 2.80. The number of aliphatic hydroxyl groups is 1. The van der Waals surface area contributed by atoms with Crippen molar-refractivity contribution in [1.82, 2.24) is 4.72 Å². The molecule has 0 radical (unpaired) electrons. The number of benzene rings is 1. The average molecular weight is 346 g/mol. The molecule has 0 bridgehead atoms. The highest BCUT2D eigenvalue weighted by molar-refractivity contribution is 7.89. The molecule has 0 amide bonds. The molecule has 0 heterocycles. The molecule has 2 N–H and O–H groups in total. The van der Waals surface area contributed by atoms with Crippen LogP contribution < -0.4 is 4.72 Å². The Balaban J connectivity index is 3.22. The van der Waals surface area contributed by atoms with E-state index in [1.54, 1.807) is 0 Å². The number of sulfonamides is 1. The van der Waals surface area contributed by atoms with Crippen LogP contribution in [-0.2, 0) is 16.2 Å². The lowest BCUT2D eigenvalue weighted by atomic mass is 10.0. The zero-order valence-corrected chi connectivity index (χ0v) is 12.9. The van der Waals surface area contributed by atoms with E-state index in [4.69, 9.17) is 16.7 Å². The summed E-state index contributed by atoms with van der Waals surface area (Å²) in [5.41, 5.74) is -2.21. The van der Waals surface area contributed by atoms with E-state index in [-0.39, 0.29) is 13.0 Å². The van der Waals surface area contributed by atoms with Crippen molar-refractivity contribution in [2.75, 3.05) is 6.61 Å². The van der Waals surface area contributed by atoms with Gasteiger partial charge in [-0.1, -0.05) is 11.6 Å². The standard InChI is InChI=1S/C12H15ClF3NO3S/c1-11(2,5-6-18)17-21(19,20)8-3-4-10(13)9(7-8)12(14,15)16/h3-4,7,17-18H,5-6H2,1-2H3. The fourth-order valence-electron chi connectivity index (χ4n) is 1.64. The van der Waals surface area contributed by atoms with Crippen molar-refractivity contribution in [3.8, 4) is 0 Å². The molecule has 0 fully saturated rings. The molecule has 0 aromatic heterocycles. The largest absolute Gasteiger partial charge is 0.417 e. The minimum Gasteiger partial charge on any atom is -0.396 e. The predicted molar refractivity (Wildman–Crippen MR) is 72.6 cm³/mol. The summed E-state index contributed by atoms with van der Waals surface area (Å²) in [5.74, 6) is 0. The first kappa shape index (κ1) is 18.2. The molecular weight excluding hydrogens is 331 g/mol. The van der Waals surface area contributed by atoms with E-state index in [2.05, 4.69) is 4.72 Å². The molecule has 9 heteroatoms. The molecule has 4 nitrogen and oxygen atoms in total. The summed E-state index contributed by atoms with van der Waals surface area (Å²) in [4.78, 5) is -0.537. The highest BCUT2D eigenvalue weighted by Gasteiger charge is 2.35. The van der Waals surface area contributed by atoms with Crippen molar-refractivity contribution in [2.45, 2.75) is 36.9 Å². The lowest BCUT2D eigenvalue weighted by Crippen LogP contribution is -2.43. The Labute approximate surface area is 126 Å². The van der Waals surface area contributed by atoms with Crippen LogP contribution in [-0.4, -0.2) is 25.7 Å². The van der Waals surface area contributed by atoms with Crippen molar-refractivity contribution >= 4 is 21.6 Å². The van der Waals surface area contributed by atoms with E-state index < -0.39 is 37.2 Å². The number of aliphatic hydroxyl groups excluding tert-OH is 1. The highest BCUT2D eigenvalue weighted by atomic mass is 35.5. The third-order valence-corrected chi connectivity index (χ3v) is 4.73. The maximum Gasteiger partial charge on any atom is 0.417 e. The van der Waals surface area contributed by atoms with Crippen molar-refractivity contribution in [3.05, 3.63) is 28.8 Å². The van der Waals surface area contributed by atoms with Gasteiger partial charge in [0.15, 0.2) is 0 Å². The first-order valence-corrected chi connectivity index (χ1v) is 7.77. The van der Waals surface area contributed by atoms with Gasteiger partial charge in [0.25, 0.3) is 0 Å². The molecular formula is C12H15ClF3NO3S. The van der Waals surface area contributed by atoms with Gasteiger partial charge in [0.1, 0.15) is 0 Å². The topological polar surface area (TPSA) is 66.4 Å². The minimum absolute atomic E-state index is 0.117. The van der Waals surface area contributed by atoms with Crippen LogP contribution in [0.5, 0.6) is 0 Å². The molecule has 120 valence electrons. The second kappa shape index (κ2) is 6.12. The van der Waals surface area contributed by atoms with Crippen LogP contribution in [0.15, 0.2) is 23.1 Å². The van der Waals surface area contributed by atoms with Crippen LogP contribution in [0.2, 0.25) is 5.02 Å². The quantitative estimate of drug-likeness (QED) is 0.862. The van der Waals surface area contributed by atoms with Gasteiger partial charge in [-0.2, -0.15) is 13.2 Å². The van der Waals surface area contributed by atoms with Crippen LogP contribution in [0.3, 0.4) is 0 Å². The molecule has 0 spiro atoms. The number of hydrogen-bond acceptors (Lipinski definition) is 3. The Morgan fingerprint density at radius 3 is 2.33 bits per heavy atom. The summed E-state index contributed by atoms with van der Waals surface area (Å²) < 4.78 is 64.7. The monoisotopic (exact) mass is 345 g/mol. The van der Waals surface area contributed by atoms with Gasteiger partial charge in [-0.15, -0.1) is 0 Å². The van der Waals surface area contributed by atoms with Gasteiger partial charge < -0.3 is 5.11 Å². The van der Waals surface area contributed by atoms with Crippen molar-refractivity contribution < 1.29 is 26.7 Å². The zero-order valence-electron chi connectivity index (χ0n) is 11.3. The van der Waals surface area contributed by atoms with Gasteiger partial charge in [-0.3, -0.25) is 0 Å². The van der Waals surface area contributed by atoms with Gasteiger partial charge in [0.2, 0.25) is 10.0 Å². The molecule has 21 heavy (non-hydrogen) atoms. The molecule has 0 aliphatic rings. The highest BCUT2D eigenvalue weighted by Crippen LogP contribution is 2.36. The van der Waals surface area contributed by atoms with Gasteiger partial charge in [0, 0.05) is 12.1 Å². The maximum absolute atomic E-state index is 12.7. The summed E-state index contributed by atoms with van der Waals surface area (Å²) in [7, 11) is -4.16. The zero-order chi connectivity index (χ0) is 16.5. The van der Waals surface area contributed by atoms with Gasteiger partial charge in [-0.25, -0.2) is 13.1 Å². The molecule has 0 aliphatic carbocycles. The van der Waals surface area contributed by atoms with Crippen LogP contribution >= 0.6 is 11.6 Å². The minimum atomic E-state index is -4.75. The van der Waals surface area contributed by atoms with Crippen molar-refractivity contribution in [1.29, 1.82) is 0 Å². The molecule has 0 unspecified atom stereocenters. The normalized spacial score (nSPS) is 13.5. The lowest BCUT2D eigenvalue weighted by Gasteiger charge is -2.25. The van der Waals surface area contributed by atoms with Crippen LogP contribution in [0.1, 0.15) is 25.8 Å². The van der Waals surface area contributed by atoms with Gasteiger partial charge in [0.05, 0.1) is 15.5 Å². The summed E-state index contributed by atoms with van der Waals surface area (Å²) >= 11 is 5.45. The number of alkyl halides is 3. The second-order valence-electron chi connectivity index (χ2n) is 5.10. The van der Waals surface area contributed by atoms with Crippen molar-refractivity contribution in [2.24, 2.45) is 0 Å². The van der Waals surface area contributed by atoms with Crippen LogP contribution in [0.4, 0.5) is 13.2 Å². The molecule has 0 aliphatic heterocycles. The molecule has 1 aromatic rings. The molecule has 0 atom stereocenters. The maximum atomic E-state index is 12.7. The lowest BCUT2D eigenvalue weighted by molar-refractivity contribution is -0.137. The van der Waals surface area contributed by atoms with Gasteiger partial charge in [-0.05, 0) is 38.5 Å². The van der Waals surface area contributed by atoms with Gasteiger partial charge >= 0.3 is 6.18 Å². The number of rotatable bonds is 5. The molecule has 1 rings (SSSR count). The number of nitrogens with one attached hydrogen (secondary N) is 1. The molecule has 0 saturated carbocycles. The van der Waals surface area contributed by atoms with E-state index in [1.165, 1.54) is 13.8 Å². The van der Waals surface area contributed by atoms with Crippen LogP contribution in [0.25, 0.3) is 0 Å². The third kappa shape index (κ3) is 4.84. The molecule has 0 saturated heterocycles. The Bertz CT molecular complexity index is 615. The summed E-state index contributed by atoms with van der Waals surface area (Å²) in [6, 6.07) is 2.37. The number of halogens is 4. The number of hydrogen-bond donors (Lipinski definition) is 2. The van der Waals surface area contributed by atoms with E-state index in [0.717, 1.165) is 12.1 Å². The first-order valence-electron chi connectivity index (χ1n) is 5.91. The Hall–Kier alpha value is -0.830. The fraction of sp³-hybridized carbons (Fsp3) is 0.500. The Kier molecular flexibility index (Phi) is 5.31. The Morgan fingerprint density at radius 2 is 1.86 bits per heavy atom. The van der Waals surface area contributed by atoms with Crippen LogP contribution in [0, 0.1) is 0 Å². The SMILES string of the molecule is CC(C)(CCO)NS(=O)(=O)c1ccc(Cl)c(C(F)(F)F)c1. The second-order valence-corrected chi connectivity index (χ2v) is 7.19. The average Bonchev–Trinajstić information content (AvgIpc) is 2.25. The van der Waals surface area contributed by atoms with Crippen molar-refractivity contribution in [3.63, 3.8) is 0 Å². The van der Waals surface area contributed by atoms with E-state index in [1.807, 2.05) is 0 Å². The Morgan fingerprint density at radius 1 is 1.29 bits per heavy atom. The first-order chi connectivity index (χ1) is 9.39. The molecule has 1 aromatic carbocycles. The fourth-order valence-corrected chi connectivity index (χ4v) is 3.33. The third-order valence-electron chi connectivity index (χ3n) is 2.70. The van der Waals surface area contributed by atoms with E-state index in [0.29, 0.717) is 6.07 Å².